The van der Waals surface area contributed by atoms with E-state index in [1.165, 1.54) is 24.3 Å². The number of aliphatic hydroxyl groups is 4. The van der Waals surface area contributed by atoms with E-state index in [9.17, 15) is 25.4 Å². The molecular weight excluding hydrogens is 286 g/mol. The molecular formula is C12H15NO8. The summed E-state index contributed by atoms with van der Waals surface area (Å²) in [7, 11) is 0. The Labute approximate surface area is 119 Å². The number of benzene rings is 1. The molecule has 1 heterocycles. The molecule has 0 radical (unpaired) electrons. The molecule has 1 saturated heterocycles. The first kappa shape index (κ1) is 15.6. The number of nitro groups is 1. The SMILES string of the molecule is O=[N+]([O-])c1ccc(OC2C(O)OC(CO)C(O)C2O)cc1. The third-order valence-electron chi connectivity index (χ3n) is 3.16. The minimum Gasteiger partial charge on any atom is -0.482 e. The van der Waals surface area contributed by atoms with Gasteiger partial charge in [0.05, 0.1) is 11.5 Å². The van der Waals surface area contributed by atoms with Crippen molar-refractivity contribution >= 4 is 5.69 Å². The van der Waals surface area contributed by atoms with Crippen LogP contribution in [0.3, 0.4) is 0 Å². The van der Waals surface area contributed by atoms with Gasteiger partial charge in [-0.15, -0.1) is 0 Å². The van der Waals surface area contributed by atoms with Crippen LogP contribution in [-0.2, 0) is 4.74 Å². The zero-order valence-electron chi connectivity index (χ0n) is 10.8. The molecule has 4 N–H and O–H groups in total. The zero-order valence-corrected chi connectivity index (χ0v) is 10.8. The van der Waals surface area contributed by atoms with Crippen LogP contribution in [-0.4, -0.2) is 62.7 Å². The Morgan fingerprint density at radius 1 is 1.19 bits per heavy atom. The maximum atomic E-state index is 10.5. The summed E-state index contributed by atoms with van der Waals surface area (Å²) >= 11 is 0. The minimum absolute atomic E-state index is 0.135. The van der Waals surface area contributed by atoms with E-state index in [4.69, 9.17) is 14.6 Å². The Bertz CT molecular complexity index is 493. The van der Waals surface area contributed by atoms with E-state index in [2.05, 4.69) is 0 Å². The fourth-order valence-electron chi connectivity index (χ4n) is 2.00. The van der Waals surface area contributed by atoms with Gasteiger partial charge in [0.15, 0.2) is 12.4 Å². The second kappa shape index (κ2) is 6.33. The van der Waals surface area contributed by atoms with E-state index < -0.39 is 42.2 Å². The van der Waals surface area contributed by atoms with Gasteiger partial charge in [-0.2, -0.15) is 0 Å². The Morgan fingerprint density at radius 3 is 2.33 bits per heavy atom. The molecule has 5 unspecified atom stereocenters. The van der Waals surface area contributed by atoms with Crippen molar-refractivity contribution in [2.24, 2.45) is 0 Å². The summed E-state index contributed by atoms with van der Waals surface area (Å²) in [5, 5.41) is 48.8. The van der Waals surface area contributed by atoms with Gasteiger partial charge in [0, 0.05) is 12.1 Å². The van der Waals surface area contributed by atoms with Crippen molar-refractivity contribution in [1.29, 1.82) is 0 Å². The lowest BCUT2D eigenvalue weighted by atomic mass is 9.99. The molecule has 9 nitrogen and oxygen atoms in total. The van der Waals surface area contributed by atoms with Crippen LogP contribution < -0.4 is 4.74 Å². The zero-order chi connectivity index (χ0) is 15.6. The fraction of sp³-hybridized carbons (Fsp3) is 0.500. The van der Waals surface area contributed by atoms with Crippen LogP contribution in [0.2, 0.25) is 0 Å². The second-order valence-corrected chi connectivity index (χ2v) is 4.56. The topological polar surface area (TPSA) is 143 Å². The third-order valence-corrected chi connectivity index (χ3v) is 3.16. The molecule has 0 aliphatic carbocycles. The van der Waals surface area contributed by atoms with Crippen molar-refractivity contribution in [2.75, 3.05) is 6.61 Å². The quantitative estimate of drug-likeness (QED) is 0.400. The van der Waals surface area contributed by atoms with Crippen LogP contribution in [0.5, 0.6) is 5.75 Å². The Hall–Kier alpha value is -1.78. The van der Waals surface area contributed by atoms with E-state index in [0.717, 1.165) is 0 Å². The summed E-state index contributed by atoms with van der Waals surface area (Å²) in [5.41, 5.74) is -0.135. The van der Waals surface area contributed by atoms with E-state index in [1.807, 2.05) is 0 Å². The van der Waals surface area contributed by atoms with Crippen molar-refractivity contribution in [1.82, 2.24) is 0 Å². The van der Waals surface area contributed by atoms with Crippen LogP contribution in [0.1, 0.15) is 0 Å². The Balaban J connectivity index is 2.09. The number of hydrogen-bond acceptors (Lipinski definition) is 8. The highest BCUT2D eigenvalue weighted by Crippen LogP contribution is 2.25. The van der Waals surface area contributed by atoms with Crippen molar-refractivity contribution < 1.29 is 34.8 Å². The fourth-order valence-corrected chi connectivity index (χ4v) is 2.00. The van der Waals surface area contributed by atoms with Crippen molar-refractivity contribution in [3.05, 3.63) is 34.4 Å². The first-order chi connectivity index (χ1) is 9.93. The summed E-state index contributed by atoms with van der Waals surface area (Å²) in [4.78, 5) is 9.95. The Morgan fingerprint density at radius 2 is 1.81 bits per heavy atom. The first-order valence-corrected chi connectivity index (χ1v) is 6.15. The average Bonchev–Trinajstić information content (AvgIpc) is 2.47. The van der Waals surface area contributed by atoms with Gasteiger partial charge in [0.25, 0.3) is 5.69 Å². The monoisotopic (exact) mass is 301 g/mol. The molecule has 9 heteroatoms. The normalized spacial score (nSPS) is 32.7. The number of nitro benzene ring substituents is 1. The van der Waals surface area contributed by atoms with Gasteiger partial charge in [-0.1, -0.05) is 0 Å². The van der Waals surface area contributed by atoms with Gasteiger partial charge in [-0.05, 0) is 12.1 Å². The molecule has 1 aromatic carbocycles. The number of ether oxygens (including phenoxy) is 2. The van der Waals surface area contributed by atoms with Crippen molar-refractivity contribution in [3.8, 4) is 5.75 Å². The molecule has 0 saturated carbocycles. The number of non-ortho nitro benzene ring substituents is 1. The van der Waals surface area contributed by atoms with Crippen LogP contribution in [0.4, 0.5) is 5.69 Å². The predicted octanol–water partition coefficient (Wildman–Crippen LogP) is -1.23. The predicted molar refractivity (Wildman–Crippen MR) is 67.5 cm³/mol. The van der Waals surface area contributed by atoms with Gasteiger partial charge in [0.1, 0.15) is 24.1 Å². The second-order valence-electron chi connectivity index (χ2n) is 4.56. The summed E-state index contributed by atoms with van der Waals surface area (Å²) in [6, 6.07) is 4.99. The van der Waals surface area contributed by atoms with Gasteiger partial charge in [-0.25, -0.2) is 0 Å². The highest BCUT2D eigenvalue weighted by Gasteiger charge is 2.45. The lowest BCUT2D eigenvalue weighted by Crippen LogP contribution is -2.60. The molecule has 2 rings (SSSR count). The first-order valence-electron chi connectivity index (χ1n) is 6.15. The molecule has 0 amide bonds. The lowest BCUT2D eigenvalue weighted by molar-refractivity contribution is -0.384. The summed E-state index contributed by atoms with van der Waals surface area (Å²) in [6.07, 6.45) is -6.88. The number of nitrogens with zero attached hydrogens (tertiary/aromatic N) is 1. The van der Waals surface area contributed by atoms with E-state index in [-0.39, 0.29) is 11.4 Å². The molecule has 0 spiro atoms. The Kier molecular flexibility index (Phi) is 4.70. The van der Waals surface area contributed by atoms with Crippen molar-refractivity contribution in [2.45, 2.75) is 30.7 Å². The summed E-state index contributed by atoms with van der Waals surface area (Å²) in [5.74, 6) is 0.155. The van der Waals surface area contributed by atoms with Gasteiger partial charge in [-0.3, -0.25) is 10.1 Å². The highest BCUT2D eigenvalue weighted by atomic mass is 16.7. The van der Waals surface area contributed by atoms with Crippen LogP contribution >= 0.6 is 0 Å². The van der Waals surface area contributed by atoms with Gasteiger partial charge in [0.2, 0.25) is 0 Å². The largest absolute Gasteiger partial charge is 0.482 e. The maximum Gasteiger partial charge on any atom is 0.269 e. The third kappa shape index (κ3) is 3.28. The lowest BCUT2D eigenvalue weighted by Gasteiger charge is -2.39. The van der Waals surface area contributed by atoms with Gasteiger partial charge >= 0.3 is 0 Å². The van der Waals surface area contributed by atoms with Crippen LogP contribution in [0.15, 0.2) is 24.3 Å². The maximum absolute atomic E-state index is 10.5. The number of hydrogen-bond donors (Lipinski definition) is 4. The van der Waals surface area contributed by atoms with E-state index in [0.29, 0.717) is 0 Å². The molecule has 116 valence electrons. The molecule has 0 aromatic heterocycles. The molecule has 0 bridgehead atoms. The summed E-state index contributed by atoms with van der Waals surface area (Å²) in [6.45, 7) is -0.570. The molecule has 1 fully saturated rings. The number of rotatable bonds is 4. The molecule has 21 heavy (non-hydrogen) atoms. The van der Waals surface area contributed by atoms with Crippen LogP contribution in [0.25, 0.3) is 0 Å². The molecule has 1 aromatic rings. The molecule has 5 atom stereocenters. The summed E-state index contributed by atoms with van der Waals surface area (Å²) < 4.78 is 10.2. The van der Waals surface area contributed by atoms with E-state index in [1.54, 1.807) is 0 Å². The highest BCUT2D eigenvalue weighted by molar-refractivity contribution is 5.36. The minimum atomic E-state index is -1.56. The van der Waals surface area contributed by atoms with Crippen LogP contribution in [0, 0.1) is 10.1 Å². The standard InChI is InChI=1S/C12H15NO8/c14-5-8-9(15)10(16)11(12(17)21-8)20-7-3-1-6(2-4-7)13(18)19/h1-4,8-12,14-17H,5H2. The van der Waals surface area contributed by atoms with Crippen molar-refractivity contribution in [3.63, 3.8) is 0 Å². The smallest absolute Gasteiger partial charge is 0.269 e. The molecule has 1 aliphatic heterocycles. The number of aliphatic hydroxyl groups excluding tert-OH is 4. The molecule has 1 aliphatic rings. The van der Waals surface area contributed by atoms with E-state index >= 15 is 0 Å². The average molecular weight is 301 g/mol. The van der Waals surface area contributed by atoms with Gasteiger partial charge < -0.3 is 29.9 Å².